The molecule has 0 spiro atoms. The first-order chi connectivity index (χ1) is 8.08. The second-order valence-corrected chi connectivity index (χ2v) is 4.38. The maximum Gasteiger partial charge on any atom is 0.138 e. The van der Waals surface area contributed by atoms with Gasteiger partial charge in [0.1, 0.15) is 12.2 Å². The van der Waals surface area contributed by atoms with Crippen molar-refractivity contribution in [1.29, 1.82) is 0 Å². The van der Waals surface area contributed by atoms with E-state index in [0.717, 1.165) is 17.0 Å². The number of aliphatic hydroxyl groups is 1. The number of nitrogens with zero attached hydrogens (tertiary/aromatic N) is 3. The third-order valence-electron chi connectivity index (χ3n) is 2.97. The molecule has 0 aliphatic heterocycles. The number of aromatic nitrogens is 3. The molecule has 1 unspecified atom stereocenters. The van der Waals surface area contributed by atoms with Crippen molar-refractivity contribution in [2.45, 2.75) is 26.4 Å². The second-order valence-electron chi connectivity index (χ2n) is 4.38. The van der Waals surface area contributed by atoms with Crippen LogP contribution in [0.2, 0.25) is 0 Å². The molecule has 0 fully saturated rings. The lowest BCUT2D eigenvalue weighted by Crippen LogP contribution is -2.08. The maximum absolute atomic E-state index is 10.2. The van der Waals surface area contributed by atoms with E-state index < -0.39 is 6.10 Å². The Morgan fingerprint density at radius 3 is 2.71 bits per heavy atom. The molecule has 4 heteroatoms. The topological polar surface area (TPSA) is 50.9 Å². The van der Waals surface area contributed by atoms with Gasteiger partial charge < -0.3 is 5.11 Å². The molecule has 2 aromatic rings. The van der Waals surface area contributed by atoms with E-state index >= 15 is 0 Å². The molecule has 0 bridgehead atoms. The van der Waals surface area contributed by atoms with Crippen LogP contribution in [-0.2, 0) is 13.5 Å². The molecule has 2 rings (SSSR count). The lowest BCUT2D eigenvalue weighted by Gasteiger charge is -2.13. The highest BCUT2D eigenvalue weighted by atomic mass is 16.3. The van der Waals surface area contributed by atoms with Crippen molar-refractivity contribution < 1.29 is 5.11 Å². The summed E-state index contributed by atoms with van der Waals surface area (Å²) in [4.78, 5) is 4.12. The van der Waals surface area contributed by atoms with Crippen LogP contribution in [0.25, 0.3) is 0 Å². The van der Waals surface area contributed by atoms with Gasteiger partial charge in [-0.25, -0.2) is 4.98 Å². The monoisotopic (exact) mass is 231 g/mol. The molecular formula is C13H17N3O. The van der Waals surface area contributed by atoms with E-state index in [1.54, 1.807) is 4.68 Å². The Kier molecular flexibility index (Phi) is 3.24. The van der Waals surface area contributed by atoms with E-state index in [9.17, 15) is 5.11 Å². The van der Waals surface area contributed by atoms with Gasteiger partial charge in [-0.15, -0.1) is 0 Å². The van der Waals surface area contributed by atoms with Crippen LogP contribution in [0.4, 0.5) is 0 Å². The fraction of sp³-hybridized carbons (Fsp3) is 0.385. The Morgan fingerprint density at radius 1 is 1.35 bits per heavy atom. The van der Waals surface area contributed by atoms with Gasteiger partial charge in [0.2, 0.25) is 0 Å². The number of hydrogen-bond donors (Lipinski definition) is 1. The van der Waals surface area contributed by atoms with Gasteiger partial charge in [0.05, 0.1) is 6.10 Å². The average Bonchev–Trinajstić information content (AvgIpc) is 2.64. The summed E-state index contributed by atoms with van der Waals surface area (Å²) in [5, 5.41) is 14.2. The summed E-state index contributed by atoms with van der Waals surface area (Å²) >= 11 is 0. The van der Waals surface area contributed by atoms with Gasteiger partial charge in [-0.1, -0.05) is 23.8 Å². The van der Waals surface area contributed by atoms with Gasteiger partial charge in [-0.2, -0.15) is 5.10 Å². The molecule has 17 heavy (non-hydrogen) atoms. The highest BCUT2D eigenvalue weighted by Gasteiger charge is 2.13. The van der Waals surface area contributed by atoms with E-state index in [0.29, 0.717) is 6.42 Å². The Hall–Kier alpha value is -1.68. The third-order valence-corrected chi connectivity index (χ3v) is 2.97. The normalized spacial score (nSPS) is 12.7. The minimum absolute atomic E-state index is 0.487. The van der Waals surface area contributed by atoms with E-state index in [-0.39, 0.29) is 0 Å². The van der Waals surface area contributed by atoms with Crippen LogP contribution in [0.3, 0.4) is 0 Å². The van der Waals surface area contributed by atoms with Crippen LogP contribution < -0.4 is 0 Å². The summed E-state index contributed by atoms with van der Waals surface area (Å²) in [6.45, 7) is 4.06. The SMILES string of the molecule is Cc1ccc(C(O)Cc2ncnn2C)c(C)c1. The summed E-state index contributed by atoms with van der Waals surface area (Å²) in [5.41, 5.74) is 3.27. The largest absolute Gasteiger partial charge is 0.388 e. The maximum atomic E-state index is 10.2. The Morgan fingerprint density at radius 2 is 2.12 bits per heavy atom. The minimum Gasteiger partial charge on any atom is -0.388 e. The molecule has 0 aliphatic rings. The van der Waals surface area contributed by atoms with Crippen LogP contribution in [0.1, 0.15) is 28.6 Å². The molecule has 1 N–H and O–H groups in total. The number of aliphatic hydroxyl groups excluding tert-OH is 1. The Bertz CT molecular complexity index is 519. The highest BCUT2D eigenvalue weighted by Crippen LogP contribution is 2.21. The van der Waals surface area contributed by atoms with Gasteiger partial charge in [-0.3, -0.25) is 4.68 Å². The van der Waals surface area contributed by atoms with Crippen molar-refractivity contribution in [2.75, 3.05) is 0 Å². The predicted octanol–water partition coefficient (Wildman–Crippen LogP) is 1.71. The molecule has 0 saturated carbocycles. The highest BCUT2D eigenvalue weighted by molar-refractivity contribution is 5.32. The molecule has 1 atom stereocenters. The first kappa shape index (κ1) is 11.8. The zero-order valence-corrected chi connectivity index (χ0v) is 10.4. The summed E-state index contributed by atoms with van der Waals surface area (Å²) in [5.74, 6) is 0.789. The van der Waals surface area contributed by atoms with Crippen LogP contribution in [0.5, 0.6) is 0 Å². The summed E-state index contributed by atoms with van der Waals surface area (Å²) < 4.78 is 1.69. The van der Waals surface area contributed by atoms with Crippen LogP contribution >= 0.6 is 0 Å². The zero-order valence-electron chi connectivity index (χ0n) is 10.4. The van der Waals surface area contributed by atoms with Gasteiger partial charge in [0.15, 0.2) is 0 Å². The molecule has 0 amide bonds. The Balaban J connectivity index is 2.20. The number of hydrogen-bond acceptors (Lipinski definition) is 3. The minimum atomic E-state index is -0.529. The van der Waals surface area contributed by atoms with Gasteiger partial charge in [0, 0.05) is 13.5 Å². The van der Waals surface area contributed by atoms with Gasteiger partial charge >= 0.3 is 0 Å². The molecule has 1 heterocycles. The zero-order chi connectivity index (χ0) is 12.4. The molecule has 0 radical (unpaired) electrons. The quantitative estimate of drug-likeness (QED) is 0.874. The first-order valence-corrected chi connectivity index (χ1v) is 5.66. The van der Waals surface area contributed by atoms with Gasteiger partial charge in [-0.05, 0) is 25.0 Å². The van der Waals surface area contributed by atoms with Crippen molar-refractivity contribution in [3.05, 3.63) is 47.0 Å². The molecule has 0 aliphatic carbocycles. The van der Waals surface area contributed by atoms with Crippen molar-refractivity contribution >= 4 is 0 Å². The fourth-order valence-electron chi connectivity index (χ4n) is 1.99. The van der Waals surface area contributed by atoms with Crippen molar-refractivity contribution in [2.24, 2.45) is 7.05 Å². The summed E-state index contributed by atoms with van der Waals surface area (Å²) in [6.07, 6.45) is 1.46. The molecule has 0 saturated heterocycles. The first-order valence-electron chi connectivity index (χ1n) is 5.66. The standard InChI is InChI=1S/C13H17N3O/c1-9-4-5-11(10(2)6-9)12(17)7-13-14-8-15-16(13)3/h4-6,8,12,17H,7H2,1-3H3. The fourth-order valence-corrected chi connectivity index (χ4v) is 1.99. The van der Waals surface area contributed by atoms with Crippen LogP contribution in [0.15, 0.2) is 24.5 Å². The van der Waals surface area contributed by atoms with Crippen LogP contribution in [-0.4, -0.2) is 19.9 Å². The number of rotatable bonds is 3. The molecule has 90 valence electrons. The van der Waals surface area contributed by atoms with E-state index in [2.05, 4.69) is 16.1 Å². The third kappa shape index (κ3) is 2.53. The van der Waals surface area contributed by atoms with Gasteiger partial charge in [0.25, 0.3) is 0 Å². The van der Waals surface area contributed by atoms with E-state index in [1.807, 2.05) is 33.0 Å². The van der Waals surface area contributed by atoms with Crippen molar-refractivity contribution in [1.82, 2.24) is 14.8 Å². The van der Waals surface area contributed by atoms with Crippen molar-refractivity contribution in [3.63, 3.8) is 0 Å². The van der Waals surface area contributed by atoms with Crippen molar-refractivity contribution in [3.8, 4) is 0 Å². The average molecular weight is 231 g/mol. The Labute approximate surface area is 101 Å². The lowest BCUT2D eigenvalue weighted by atomic mass is 9.99. The molecule has 1 aromatic carbocycles. The number of benzene rings is 1. The second kappa shape index (κ2) is 4.67. The molecular weight excluding hydrogens is 214 g/mol. The molecule has 1 aromatic heterocycles. The number of aryl methyl sites for hydroxylation is 3. The summed E-state index contributed by atoms with van der Waals surface area (Å²) in [7, 11) is 1.83. The van der Waals surface area contributed by atoms with Crippen LogP contribution in [0, 0.1) is 13.8 Å². The smallest absolute Gasteiger partial charge is 0.138 e. The summed E-state index contributed by atoms with van der Waals surface area (Å²) in [6, 6.07) is 6.07. The predicted molar refractivity (Wildman–Crippen MR) is 65.6 cm³/mol. The van der Waals surface area contributed by atoms with E-state index in [1.165, 1.54) is 11.9 Å². The van der Waals surface area contributed by atoms with E-state index in [4.69, 9.17) is 0 Å². The lowest BCUT2D eigenvalue weighted by molar-refractivity contribution is 0.173. The molecule has 4 nitrogen and oxygen atoms in total.